The number of sulfonamides is 1. The third-order valence-electron chi connectivity index (χ3n) is 5.64. The van der Waals surface area contributed by atoms with Crippen LogP contribution in [0.3, 0.4) is 0 Å². The van der Waals surface area contributed by atoms with Gasteiger partial charge in [0, 0.05) is 17.1 Å². The zero-order valence-corrected chi connectivity index (χ0v) is 22.8. The molecule has 2 aromatic carbocycles. The van der Waals surface area contributed by atoms with Gasteiger partial charge in [0.15, 0.2) is 0 Å². The van der Waals surface area contributed by atoms with Gasteiger partial charge < -0.3 is 10.2 Å². The number of nitrogens with zero attached hydrogens (tertiary/aromatic N) is 2. The van der Waals surface area contributed by atoms with Crippen LogP contribution in [0, 0.1) is 6.92 Å². The summed E-state index contributed by atoms with van der Waals surface area (Å²) < 4.78 is 27.0. The van der Waals surface area contributed by atoms with E-state index in [-0.39, 0.29) is 18.5 Å². The minimum Gasteiger partial charge on any atom is -0.352 e. The number of carbonyl (C=O) groups is 2. The molecule has 0 radical (unpaired) electrons. The molecular formula is C25H34BrN3O4S. The van der Waals surface area contributed by atoms with Gasteiger partial charge >= 0.3 is 0 Å². The highest BCUT2D eigenvalue weighted by molar-refractivity contribution is 9.10. The zero-order valence-electron chi connectivity index (χ0n) is 20.4. The second kappa shape index (κ2) is 12.4. The third-order valence-corrected chi connectivity index (χ3v) is 7.27. The van der Waals surface area contributed by atoms with E-state index < -0.39 is 28.5 Å². The summed E-state index contributed by atoms with van der Waals surface area (Å²) in [5, 5.41) is 2.96. The van der Waals surface area contributed by atoms with Gasteiger partial charge in [0.2, 0.25) is 21.8 Å². The van der Waals surface area contributed by atoms with Crippen molar-refractivity contribution >= 4 is 43.5 Å². The fourth-order valence-electron chi connectivity index (χ4n) is 3.50. The Morgan fingerprint density at radius 1 is 1.06 bits per heavy atom. The van der Waals surface area contributed by atoms with Crippen LogP contribution in [0.5, 0.6) is 0 Å². The van der Waals surface area contributed by atoms with Crippen molar-refractivity contribution < 1.29 is 18.0 Å². The Morgan fingerprint density at radius 2 is 1.71 bits per heavy atom. The lowest BCUT2D eigenvalue weighted by molar-refractivity contribution is -0.140. The lowest BCUT2D eigenvalue weighted by Crippen LogP contribution is -2.53. The van der Waals surface area contributed by atoms with E-state index in [0.717, 1.165) is 28.1 Å². The van der Waals surface area contributed by atoms with Crippen molar-refractivity contribution in [3.63, 3.8) is 0 Å². The Balaban J connectivity index is 2.43. The normalized spacial score (nSPS) is 13.1. The van der Waals surface area contributed by atoms with Crippen LogP contribution in [0.15, 0.2) is 53.0 Å². The van der Waals surface area contributed by atoms with Crippen molar-refractivity contribution in [1.82, 2.24) is 10.2 Å². The van der Waals surface area contributed by atoms with Crippen LogP contribution < -0.4 is 9.62 Å². The van der Waals surface area contributed by atoms with E-state index in [0.29, 0.717) is 16.6 Å². The Bertz CT molecular complexity index is 1090. The van der Waals surface area contributed by atoms with Gasteiger partial charge in [-0.3, -0.25) is 13.9 Å². The monoisotopic (exact) mass is 551 g/mol. The summed E-state index contributed by atoms with van der Waals surface area (Å²) in [5.41, 5.74) is 2.32. The van der Waals surface area contributed by atoms with Gasteiger partial charge in [0.25, 0.3) is 0 Å². The van der Waals surface area contributed by atoms with Crippen LogP contribution in [0.1, 0.15) is 44.7 Å². The summed E-state index contributed by atoms with van der Waals surface area (Å²) in [7, 11) is -3.75. The number of hydrogen-bond donors (Lipinski definition) is 1. The maximum Gasteiger partial charge on any atom is 0.244 e. The van der Waals surface area contributed by atoms with E-state index in [1.54, 1.807) is 24.3 Å². The van der Waals surface area contributed by atoms with Crippen LogP contribution in [-0.4, -0.2) is 50.0 Å². The van der Waals surface area contributed by atoms with E-state index in [1.807, 2.05) is 52.0 Å². The number of halogens is 1. The van der Waals surface area contributed by atoms with Crippen molar-refractivity contribution in [2.75, 3.05) is 17.1 Å². The number of hydrogen-bond acceptors (Lipinski definition) is 4. The van der Waals surface area contributed by atoms with Crippen molar-refractivity contribution in [2.24, 2.45) is 0 Å². The molecule has 186 valence electrons. The number of carbonyl (C=O) groups excluding carboxylic acids is 2. The third kappa shape index (κ3) is 7.84. The molecule has 0 spiro atoms. The van der Waals surface area contributed by atoms with Crippen LogP contribution in [0.25, 0.3) is 0 Å². The molecule has 34 heavy (non-hydrogen) atoms. The van der Waals surface area contributed by atoms with E-state index in [2.05, 4.69) is 21.2 Å². The predicted molar refractivity (Wildman–Crippen MR) is 140 cm³/mol. The predicted octanol–water partition coefficient (Wildman–Crippen LogP) is 4.25. The molecule has 0 aliphatic rings. The average Bonchev–Trinajstić information content (AvgIpc) is 2.77. The quantitative estimate of drug-likeness (QED) is 0.452. The molecule has 7 nitrogen and oxygen atoms in total. The maximum absolute atomic E-state index is 13.6. The number of rotatable bonds is 11. The van der Waals surface area contributed by atoms with Gasteiger partial charge in [-0.15, -0.1) is 0 Å². The van der Waals surface area contributed by atoms with Crippen molar-refractivity contribution in [2.45, 2.75) is 59.2 Å². The van der Waals surface area contributed by atoms with Crippen LogP contribution >= 0.6 is 15.9 Å². The first-order valence-electron chi connectivity index (χ1n) is 11.3. The number of aryl methyl sites for hydroxylation is 1. The highest BCUT2D eigenvalue weighted by Crippen LogP contribution is 2.23. The molecule has 0 heterocycles. The van der Waals surface area contributed by atoms with E-state index in [9.17, 15) is 18.0 Å². The molecule has 0 aromatic heterocycles. The molecule has 0 aliphatic carbocycles. The Morgan fingerprint density at radius 3 is 2.24 bits per heavy atom. The molecule has 0 saturated heterocycles. The second-order valence-electron chi connectivity index (χ2n) is 8.50. The largest absolute Gasteiger partial charge is 0.352 e. The molecule has 0 fully saturated rings. The summed E-state index contributed by atoms with van der Waals surface area (Å²) in [6.45, 7) is 7.50. The fraction of sp³-hybridized carbons (Fsp3) is 0.440. The minimum absolute atomic E-state index is 0.0351. The summed E-state index contributed by atoms with van der Waals surface area (Å²) in [4.78, 5) is 28.2. The first-order valence-corrected chi connectivity index (χ1v) is 14.0. The Labute approximate surface area is 211 Å². The molecule has 2 aromatic rings. The van der Waals surface area contributed by atoms with Crippen LogP contribution in [0.2, 0.25) is 0 Å². The summed E-state index contributed by atoms with van der Waals surface area (Å²) >= 11 is 3.36. The molecule has 1 N–H and O–H groups in total. The summed E-state index contributed by atoms with van der Waals surface area (Å²) in [5.74, 6) is -0.692. The molecule has 0 bridgehead atoms. The van der Waals surface area contributed by atoms with Gasteiger partial charge in [-0.2, -0.15) is 0 Å². The summed E-state index contributed by atoms with van der Waals surface area (Å²) in [6.07, 6.45) is 2.23. The van der Waals surface area contributed by atoms with Gasteiger partial charge in [0.05, 0.1) is 11.9 Å². The SMILES string of the molecule is CC[C@H](C)NC(=O)[C@H](CC)N(Cc1ccc(C)cc1)C(=O)CN(c1cccc(Br)c1)S(C)(=O)=O. The Kier molecular flexibility index (Phi) is 10.1. The molecule has 0 aliphatic heterocycles. The van der Waals surface area contributed by atoms with Crippen LogP contribution in [0.4, 0.5) is 5.69 Å². The van der Waals surface area contributed by atoms with Gasteiger partial charge in [-0.05, 0) is 50.5 Å². The smallest absolute Gasteiger partial charge is 0.244 e. The molecule has 9 heteroatoms. The highest BCUT2D eigenvalue weighted by Gasteiger charge is 2.32. The topological polar surface area (TPSA) is 86.8 Å². The number of benzene rings is 2. The average molecular weight is 553 g/mol. The van der Waals surface area contributed by atoms with Gasteiger partial charge in [-0.25, -0.2) is 8.42 Å². The molecule has 2 amide bonds. The zero-order chi connectivity index (χ0) is 25.5. The fourth-order valence-corrected chi connectivity index (χ4v) is 4.72. The molecule has 0 saturated carbocycles. The molecule has 2 rings (SSSR count). The van der Waals surface area contributed by atoms with Crippen molar-refractivity contribution in [1.29, 1.82) is 0 Å². The van der Waals surface area contributed by atoms with Gasteiger partial charge in [0.1, 0.15) is 12.6 Å². The minimum atomic E-state index is -3.75. The molecule has 2 atom stereocenters. The maximum atomic E-state index is 13.6. The second-order valence-corrected chi connectivity index (χ2v) is 11.3. The van der Waals surface area contributed by atoms with Crippen LogP contribution in [-0.2, 0) is 26.2 Å². The number of amides is 2. The highest BCUT2D eigenvalue weighted by atomic mass is 79.9. The molecular weight excluding hydrogens is 518 g/mol. The number of anilines is 1. The first-order chi connectivity index (χ1) is 16.0. The van der Waals surface area contributed by atoms with E-state index >= 15 is 0 Å². The standard InChI is InChI=1S/C25H34BrN3O4S/c1-6-19(4)27-25(31)23(7-2)28(16-20-13-11-18(3)12-14-20)24(30)17-29(34(5,32)33)22-10-8-9-21(26)15-22/h8-15,19,23H,6-7,16-17H2,1-5H3,(H,27,31)/t19-,23-/m0/s1. The molecule has 0 unspecified atom stereocenters. The summed E-state index contributed by atoms with van der Waals surface area (Å²) in [6, 6.07) is 13.7. The van der Waals surface area contributed by atoms with E-state index in [1.165, 1.54) is 4.90 Å². The van der Waals surface area contributed by atoms with Gasteiger partial charge in [-0.1, -0.05) is 65.7 Å². The van der Waals surface area contributed by atoms with Crippen molar-refractivity contribution in [3.8, 4) is 0 Å². The first kappa shape index (κ1) is 27.9. The van der Waals surface area contributed by atoms with Crippen molar-refractivity contribution in [3.05, 3.63) is 64.1 Å². The van der Waals surface area contributed by atoms with E-state index in [4.69, 9.17) is 0 Å². The number of nitrogens with one attached hydrogen (secondary N) is 1. The lowest BCUT2D eigenvalue weighted by Gasteiger charge is -2.33. The lowest BCUT2D eigenvalue weighted by atomic mass is 10.1. The Hall–Kier alpha value is -2.39.